The Labute approximate surface area is 278 Å². The average molecular weight is 691 g/mol. The van der Waals surface area contributed by atoms with Crippen molar-refractivity contribution in [1.29, 1.82) is 0 Å². The Balaban J connectivity index is 2.96. The third-order valence-corrected chi connectivity index (χ3v) is 8.48. The summed E-state index contributed by atoms with van der Waals surface area (Å²) in [6, 6.07) is -0.212. The second kappa shape index (κ2) is 16.7. The normalized spacial score (nSPS) is 18.5. The van der Waals surface area contributed by atoms with Crippen LogP contribution in [0.4, 0.5) is 22.8 Å². The molecule has 0 spiro atoms. The molecule has 0 aliphatic heterocycles. The van der Waals surface area contributed by atoms with Crippen molar-refractivity contribution in [1.82, 2.24) is 10.2 Å². The van der Waals surface area contributed by atoms with Crippen LogP contribution in [0.5, 0.6) is 0 Å². The number of halogens is 3. The molecule has 268 valence electrons. The maximum Gasteiger partial charge on any atom is 0.471 e. The Kier molecular flexibility index (Phi) is 14.9. The van der Waals surface area contributed by atoms with E-state index in [0.717, 1.165) is 6.04 Å². The van der Waals surface area contributed by atoms with Gasteiger partial charge in [0.05, 0.1) is 25.2 Å². The molecule has 0 aromatic carbocycles. The number of ether oxygens (including phenoxy) is 4. The lowest BCUT2D eigenvalue weighted by Crippen LogP contribution is -2.55. The second-order valence-corrected chi connectivity index (χ2v) is 20.4. The zero-order chi connectivity index (χ0) is 36.4. The molecule has 1 fully saturated rings. The molecule has 0 aromatic rings. The van der Waals surface area contributed by atoms with Gasteiger partial charge in [-0.15, -0.1) is 5.92 Å². The number of carbonyl (C=O) groups excluding carboxylic acids is 4. The predicted molar refractivity (Wildman–Crippen MR) is 174 cm³/mol. The number of hydrogen-bond acceptors (Lipinski definition) is 8. The molecule has 3 amide bonds. The molecule has 1 N–H and O–H groups in total. The SMILES string of the molecule is C=C(OCC[Si](C)(C)C)[C@H](CCCCCC#C[C@@H]1C[C@@]1(C(=O)OCC)N(C(=O)OC(C)(C)C)C(=O)OC(C)(C)C)NC(=O)C(F)(F)F. The van der Waals surface area contributed by atoms with Crippen LogP contribution in [-0.2, 0) is 28.5 Å². The molecule has 0 saturated heterocycles. The number of rotatable bonds is 14. The van der Waals surface area contributed by atoms with Crippen LogP contribution in [0.1, 0.15) is 87.0 Å². The first-order chi connectivity index (χ1) is 21.3. The average Bonchev–Trinajstić information content (AvgIpc) is 3.58. The van der Waals surface area contributed by atoms with Gasteiger partial charge in [0.1, 0.15) is 17.0 Å². The zero-order valence-corrected chi connectivity index (χ0v) is 30.6. The van der Waals surface area contributed by atoms with Crippen molar-refractivity contribution in [3.05, 3.63) is 12.3 Å². The molecule has 47 heavy (non-hydrogen) atoms. The van der Waals surface area contributed by atoms with E-state index in [9.17, 15) is 32.3 Å². The molecule has 0 radical (unpaired) electrons. The minimum atomic E-state index is -5.03. The van der Waals surface area contributed by atoms with Crippen LogP contribution in [-0.4, -0.2) is 79.2 Å². The lowest BCUT2D eigenvalue weighted by molar-refractivity contribution is -0.174. The number of esters is 1. The predicted octanol–water partition coefficient (Wildman–Crippen LogP) is 7.35. The third kappa shape index (κ3) is 14.6. The van der Waals surface area contributed by atoms with Crippen molar-refractivity contribution in [2.24, 2.45) is 5.92 Å². The van der Waals surface area contributed by atoms with Gasteiger partial charge in [-0.1, -0.05) is 45.0 Å². The molecule has 0 unspecified atom stereocenters. The van der Waals surface area contributed by atoms with Crippen LogP contribution in [0.2, 0.25) is 25.7 Å². The van der Waals surface area contributed by atoms with Crippen LogP contribution >= 0.6 is 0 Å². The first-order valence-electron chi connectivity index (χ1n) is 15.9. The number of hydrogen-bond donors (Lipinski definition) is 1. The molecule has 14 heteroatoms. The molecular weight excluding hydrogens is 637 g/mol. The first kappa shape index (κ1) is 41.8. The van der Waals surface area contributed by atoms with Crippen molar-refractivity contribution >= 4 is 32.1 Å². The van der Waals surface area contributed by atoms with E-state index < -0.39 is 67.0 Å². The largest absolute Gasteiger partial charge is 0.497 e. The molecule has 10 nitrogen and oxygen atoms in total. The molecule has 3 atom stereocenters. The van der Waals surface area contributed by atoms with E-state index in [0.29, 0.717) is 37.2 Å². The zero-order valence-electron chi connectivity index (χ0n) is 29.6. The molecule has 1 saturated carbocycles. The number of alkyl halides is 3. The van der Waals surface area contributed by atoms with E-state index in [2.05, 4.69) is 38.1 Å². The second-order valence-electron chi connectivity index (χ2n) is 14.8. The minimum Gasteiger partial charge on any atom is -0.497 e. The fourth-order valence-corrected chi connectivity index (χ4v) is 5.05. The maximum atomic E-state index is 13.2. The lowest BCUT2D eigenvalue weighted by Gasteiger charge is -2.32. The molecule has 1 aliphatic rings. The summed E-state index contributed by atoms with van der Waals surface area (Å²) in [6.07, 6.45) is -4.93. The van der Waals surface area contributed by atoms with E-state index in [1.165, 1.54) is 0 Å². The van der Waals surface area contributed by atoms with Crippen molar-refractivity contribution in [3.8, 4) is 11.8 Å². The Morgan fingerprint density at radius 1 is 0.957 bits per heavy atom. The van der Waals surface area contributed by atoms with Gasteiger partial charge >= 0.3 is 30.2 Å². The number of amides is 3. The van der Waals surface area contributed by atoms with Crippen LogP contribution < -0.4 is 5.32 Å². The first-order valence-corrected chi connectivity index (χ1v) is 19.7. The Hall–Kier alpha value is -3.21. The van der Waals surface area contributed by atoms with Crippen molar-refractivity contribution in [2.75, 3.05) is 13.2 Å². The van der Waals surface area contributed by atoms with Gasteiger partial charge in [0.2, 0.25) is 0 Å². The number of unbranched alkanes of at least 4 members (excludes halogenated alkanes) is 3. The van der Waals surface area contributed by atoms with Crippen LogP contribution in [0.15, 0.2) is 12.3 Å². The summed E-state index contributed by atoms with van der Waals surface area (Å²) >= 11 is 0. The van der Waals surface area contributed by atoms with E-state index in [4.69, 9.17) is 18.9 Å². The minimum absolute atomic E-state index is 0.0113. The lowest BCUT2D eigenvalue weighted by atomic mass is 10.1. The van der Waals surface area contributed by atoms with E-state index in [1.807, 2.05) is 5.32 Å². The standard InChI is InChI=1S/C33H53F3N2O8Si/c1-12-43-27(40)32(38(28(41)45-30(3,4)5)29(42)46-31(6,7)8)22-24(32)18-16-14-13-15-17-19-25(37-26(39)33(34,35)36)23(2)44-20-21-47(9,10)11/h24-25H,2,12-15,17,19-22H2,1,3-11H3,(H,37,39)/t24-,25+,32-/m1/s1. The van der Waals surface area contributed by atoms with Gasteiger partial charge < -0.3 is 24.3 Å². The third-order valence-electron chi connectivity index (χ3n) is 6.77. The molecule has 0 aromatic heterocycles. The molecular formula is C33H53F3N2O8Si. The van der Waals surface area contributed by atoms with Gasteiger partial charge in [-0.3, -0.25) is 4.79 Å². The van der Waals surface area contributed by atoms with Crippen molar-refractivity contribution in [3.63, 3.8) is 0 Å². The molecule has 1 rings (SSSR count). The highest BCUT2D eigenvalue weighted by molar-refractivity contribution is 6.76. The summed E-state index contributed by atoms with van der Waals surface area (Å²) in [6.45, 7) is 21.9. The summed E-state index contributed by atoms with van der Waals surface area (Å²) in [5.41, 5.74) is -3.65. The molecule has 0 heterocycles. The number of carbonyl (C=O) groups is 4. The maximum absolute atomic E-state index is 13.2. The van der Waals surface area contributed by atoms with Crippen molar-refractivity contribution in [2.45, 2.75) is 142 Å². The highest BCUT2D eigenvalue weighted by atomic mass is 28.3. The van der Waals surface area contributed by atoms with Crippen molar-refractivity contribution < 1.29 is 51.3 Å². The number of imide groups is 1. The molecule has 1 aliphatic carbocycles. The van der Waals surface area contributed by atoms with Crippen LogP contribution in [0.3, 0.4) is 0 Å². The highest BCUT2D eigenvalue weighted by Crippen LogP contribution is 2.50. The van der Waals surface area contributed by atoms with Crippen LogP contribution in [0, 0.1) is 17.8 Å². The summed E-state index contributed by atoms with van der Waals surface area (Å²) in [4.78, 5) is 52.0. The van der Waals surface area contributed by atoms with Gasteiger partial charge in [-0.2, -0.15) is 18.1 Å². The van der Waals surface area contributed by atoms with Gasteiger partial charge in [0.25, 0.3) is 0 Å². The summed E-state index contributed by atoms with van der Waals surface area (Å²) in [5, 5.41) is 1.99. The smallest absolute Gasteiger partial charge is 0.471 e. The highest BCUT2D eigenvalue weighted by Gasteiger charge is 2.70. The Morgan fingerprint density at radius 3 is 1.98 bits per heavy atom. The van der Waals surface area contributed by atoms with E-state index in [-0.39, 0.29) is 25.2 Å². The Bertz CT molecular complexity index is 1160. The van der Waals surface area contributed by atoms with E-state index >= 15 is 0 Å². The fourth-order valence-electron chi connectivity index (χ4n) is 4.33. The van der Waals surface area contributed by atoms with E-state index in [1.54, 1.807) is 48.5 Å². The number of nitrogens with zero attached hydrogens (tertiary/aromatic N) is 1. The van der Waals surface area contributed by atoms with Gasteiger partial charge in [-0.05, 0) is 67.4 Å². The number of nitrogens with one attached hydrogen (secondary N) is 1. The quantitative estimate of drug-likeness (QED) is 0.0502. The summed E-state index contributed by atoms with van der Waals surface area (Å²) in [7, 11) is -1.45. The Morgan fingerprint density at radius 2 is 1.51 bits per heavy atom. The topological polar surface area (TPSA) is 120 Å². The van der Waals surface area contributed by atoms with Gasteiger partial charge in [0.15, 0.2) is 5.54 Å². The summed E-state index contributed by atoms with van der Waals surface area (Å²) < 4.78 is 60.6. The van der Waals surface area contributed by atoms with Gasteiger partial charge in [-0.25, -0.2) is 14.4 Å². The molecule has 0 bridgehead atoms. The van der Waals surface area contributed by atoms with Gasteiger partial charge in [0, 0.05) is 20.9 Å². The summed E-state index contributed by atoms with van der Waals surface area (Å²) in [5.74, 6) is 2.48. The fraction of sp³-hybridized carbons (Fsp3) is 0.758. The van der Waals surface area contributed by atoms with Crippen LogP contribution in [0.25, 0.3) is 0 Å². The monoisotopic (exact) mass is 690 g/mol.